The molecule has 2 aromatic rings. The second kappa shape index (κ2) is 11.2. The van der Waals surface area contributed by atoms with E-state index in [1.807, 2.05) is 6.92 Å². The number of aryl methyl sites for hydroxylation is 1. The lowest BCUT2D eigenvalue weighted by Gasteiger charge is -2.24. The molecule has 0 aliphatic carbocycles. The molecule has 2 aromatic carbocycles. The summed E-state index contributed by atoms with van der Waals surface area (Å²) in [6.07, 6.45) is 2.33. The minimum atomic E-state index is -3.55. The van der Waals surface area contributed by atoms with Crippen molar-refractivity contribution in [2.75, 3.05) is 29.0 Å². The smallest absolute Gasteiger partial charge is 0.253 e. The molecule has 2 amide bonds. The Balaban J connectivity index is 2.04. The maximum atomic E-state index is 12.5. The monoisotopic (exact) mass is 465 g/mol. The van der Waals surface area contributed by atoms with Crippen LogP contribution in [0.4, 0.5) is 11.4 Å². The van der Waals surface area contributed by atoms with Crippen molar-refractivity contribution in [1.82, 2.24) is 5.32 Å². The van der Waals surface area contributed by atoms with E-state index in [1.165, 1.54) is 4.31 Å². The van der Waals surface area contributed by atoms with Crippen LogP contribution in [0.1, 0.15) is 42.1 Å². The Morgan fingerprint density at radius 2 is 1.84 bits per heavy atom. The summed E-state index contributed by atoms with van der Waals surface area (Å²) < 4.78 is 25.9. The number of nitrogens with one attached hydrogen (secondary N) is 2. The summed E-state index contributed by atoms with van der Waals surface area (Å²) in [7, 11) is -3.55. The zero-order valence-corrected chi connectivity index (χ0v) is 19.5. The van der Waals surface area contributed by atoms with Crippen LogP contribution in [0.25, 0.3) is 0 Å². The van der Waals surface area contributed by atoms with Gasteiger partial charge in [0.25, 0.3) is 5.91 Å². The fourth-order valence-corrected chi connectivity index (χ4v) is 4.22. The normalized spacial score (nSPS) is 11.1. The summed E-state index contributed by atoms with van der Waals surface area (Å²) >= 11 is 6.04. The third-order valence-corrected chi connectivity index (χ3v) is 6.00. The molecule has 0 radical (unpaired) electrons. The first-order chi connectivity index (χ1) is 14.6. The summed E-state index contributed by atoms with van der Waals surface area (Å²) in [6.45, 7) is 4.44. The number of hydrogen-bond acceptors (Lipinski definition) is 4. The van der Waals surface area contributed by atoms with Crippen molar-refractivity contribution in [1.29, 1.82) is 0 Å². The van der Waals surface area contributed by atoms with Crippen LogP contribution in [0.5, 0.6) is 0 Å². The predicted molar refractivity (Wildman–Crippen MR) is 125 cm³/mol. The summed E-state index contributed by atoms with van der Waals surface area (Å²) in [5, 5.41) is 5.98. The number of rotatable bonds is 10. The number of sulfonamides is 1. The number of benzene rings is 2. The van der Waals surface area contributed by atoms with Crippen molar-refractivity contribution in [2.45, 2.75) is 33.1 Å². The fraction of sp³-hybridized carbons (Fsp3) is 0.364. The number of carbonyl (C=O) groups excluding carboxylic acids is 2. The molecular weight excluding hydrogens is 438 g/mol. The molecule has 0 spiro atoms. The predicted octanol–water partition coefficient (Wildman–Crippen LogP) is 3.97. The topological polar surface area (TPSA) is 95.6 Å². The van der Waals surface area contributed by atoms with E-state index in [4.69, 9.17) is 11.6 Å². The van der Waals surface area contributed by atoms with Gasteiger partial charge in [0.05, 0.1) is 23.2 Å². The quantitative estimate of drug-likeness (QED) is 0.554. The van der Waals surface area contributed by atoms with Gasteiger partial charge in [-0.1, -0.05) is 36.7 Å². The molecule has 0 aromatic heterocycles. The van der Waals surface area contributed by atoms with Gasteiger partial charge < -0.3 is 10.6 Å². The highest BCUT2D eigenvalue weighted by atomic mass is 35.5. The van der Waals surface area contributed by atoms with Crippen LogP contribution in [0.2, 0.25) is 5.02 Å². The van der Waals surface area contributed by atoms with E-state index in [2.05, 4.69) is 10.6 Å². The molecule has 0 aliphatic heterocycles. The molecular formula is C22H28ClN3O4S. The molecule has 9 heteroatoms. The van der Waals surface area contributed by atoms with Crippen LogP contribution in [0, 0.1) is 6.92 Å². The van der Waals surface area contributed by atoms with Crippen LogP contribution < -0.4 is 14.9 Å². The van der Waals surface area contributed by atoms with Crippen molar-refractivity contribution in [2.24, 2.45) is 0 Å². The lowest BCUT2D eigenvalue weighted by molar-refractivity contribution is -0.116. The zero-order chi connectivity index (χ0) is 23.0. The molecule has 31 heavy (non-hydrogen) atoms. The average Bonchev–Trinajstić information content (AvgIpc) is 2.71. The number of amides is 2. The third kappa shape index (κ3) is 7.25. The molecule has 0 unspecified atom stereocenters. The molecule has 0 aliphatic rings. The lowest BCUT2D eigenvalue weighted by atomic mass is 10.1. The zero-order valence-electron chi connectivity index (χ0n) is 17.9. The van der Waals surface area contributed by atoms with E-state index in [-0.39, 0.29) is 24.8 Å². The summed E-state index contributed by atoms with van der Waals surface area (Å²) in [6, 6.07) is 11.8. The van der Waals surface area contributed by atoms with E-state index in [9.17, 15) is 18.0 Å². The van der Waals surface area contributed by atoms with Crippen molar-refractivity contribution in [3.05, 3.63) is 58.6 Å². The molecule has 0 bridgehead atoms. The second-order valence-electron chi connectivity index (χ2n) is 7.22. The van der Waals surface area contributed by atoms with Gasteiger partial charge in [0, 0.05) is 24.5 Å². The van der Waals surface area contributed by atoms with Crippen molar-refractivity contribution in [3.63, 3.8) is 0 Å². The van der Waals surface area contributed by atoms with Gasteiger partial charge in [0.15, 0.2) is 0 Å². The van der Waals surface area contributed by atoms with Gasteiger partial charge in [-0.25, -0.2) is 8.42 Å². The first-order valence-corrected chi connectivity index (χ1v) is 12.3. The molecule has 0 fully saturated rings. The van der Waals surface area contributed by atoms with Crippen molar-refractivity contribution >= 4 is 44.8 Å². The Labute approximate surface area is 188 Å². The largest absolute Gasteiger partial charge is 0.352 e. The summed E-state index contributed by atoms with van der Waals surface area (Å²) in [5.41, 5.74) is 2.07. The van der Waals surface area contributed by atoms with Crippen LogP contribution in [0.3, 0.4) is 0 Å². The highest BCUT2D eigenvalue weighted by Gasteiger charge is 2.20. The Bertz CT molecular complexity index is 1040. The van der Waals surface area contributed by atoms with E-state index >= 15 is 0 Å². The third-order valence-electron chi connectivity index (χ3n) is 4.59. The number of halogens is 1. The van der Waals surface area contributed by atoms with Crippen LogP contribution in [-0.2, 0) is 14.8 Å². The standard InChI is InChI=1S/C22H28ClN3O4S/c1-4-13-24-22(28)18-8-5-6-9-19(18)25-21(27)10-7-14-26(31(3,29)30)20-15-17(23)12-11-16(20)2/h5-6,8-9,11-12,15H,4,7,10,13-14H2,1-3H3,(H,24,28)(H,25,27). The molecule has 2 N–H and O–H groups in total. The fourth-order valence-electron chi connectivity index (χ4n) is 3.04. The molecule has 0 saturated heterocycles. The second-order valence-corrected chi connectivity index (χ2v) is 9.56. The highest BCUT2D eigenvalue weighted by Crippen LogP contribution is 2.26. The number of anilines is 2. The van der Waals surface area contributed by atoms with E-state index < -0.39 is 10.0 Å². The minimum absolute atomic E-state index is 0.0938. The van der Waals surface area contributed by atoms with Gasteiger partial charge in [-0.05, 0) is 49.6 Å². The minimum Gasteiger partial charge on any atom is -0.352 e. The Hall–Kier alpha value is -2.58. The van der Waals surface area contributed by atoms with Gasteiger partial charge in [-0.3, -0.25) is 13.9 Å². The summed E-state index contributed by atoms with van der Waals surface area (Å²) in [5.74, 6) is -0.551. The number of para-hydroxylation sites is 1. The van der Waals surface area contributed by atoms with Crippen LogP contribution in [-0.4, -0.2) is 39.6 Å². The maximum Gasteiger partial charge on any atom is 0.253 e. The van der Waals surface area contributed by atoms with Gasteiger partial charge >= 0.3 is 0 Å². The Morgan fingerprint density at radius 1 is 1.13 bits per heavy atom. The SMILES string of the molecule is CCCNC(=O)c1ccccc1NC(=O)CCCN(c1cc(Cl)ccc1C)S(C)(=O)=O. The first kappa shape index (κ1) is 24.7. The molecule has 168 valence electrons. The van der Waals surface area contributed by atoms with Gasteiger partial charge in [-0.15, -0.1) is 0 Å². The Morgan fingerprint density at radius 3 is 2.52 bits per heavy atom. The summed E-state index contributed by atoms with van der Waals surface area (Å²) in [4.78, 5) is 24.7. The lowest BCUT2D eigenvalue weighted by Crippen LogP contribution is -2.32. The van der Waals surface area contributed by atoms with Crippen molar-refractivity contribution in [3.8, 4) is 0 Å². The number of nitrogens with zero attached hydrogens (tertiary/aromatic N) is 1. The van der Waals surface area contributed by atoms with E-state index in [0.717, 1.165) is 18.2 Å². The number of hydrogen-bond donors (Lipinski definition) is 2. The molecule has 0 saturated carbocycles. The molecule has 0 heterocycles. The van der Waals surface area contributed by atoms with Crippen LogP contribution >= 0.6 is 11.6 Å². The van der Waals surface area contributed by atoms with Crippen molar-refractivity contribution < 1.29 is 18.0 Å². The number of carbonyl (C=O) groups is 2. The maximum absolute atomic E-state index is 12.5. The molecule has 2 rings (SSSR count). The Kier molecular flexibility index (Phi) is 8.88. The van der Waals surface area contributed by atoms with Crippen LogP contribution in [0.15, 0.2) is 42.5 Å². The van der Waals surface area contributed by atoms with Gasteiger partial charge in [-0.2, -0.15) is 0 Å². The van der Waals surface area contributed by atoms with E-state index in [0.29, 0.717) is 34.9 Å². The molecule has 7 nitrogen and oxygen atoms in total. The molecule has 0 atom stereocenters. The van der Waals surface area contributed by atoms with Gasteiger partial charge in [0.1, 0.15) is 0 Å². The van der Waals surface area contributed by atoms with Gasteiger partial charge in [0.2, 0.25) is 15.9 Å². The van der Waals surface area contributed by atoms with E-state index in [1.54, 1.807) is 49.4 Å². The first-order valence-electron chi connectivity index (χ1n) is 10.0. The average molecular weight is 466 g/mol. The highest BCUT2D eigenvalue weighted by molar-refractivity contribution is 7.92.